The molecule has 0 radical (unpaired) electrons. The first-order chi connectivity index (χ1) is 16.3. The summed E-state index contributed by atoms with van der Waals surface area (Å²) in [5, 5.41) is 2.75. The Hall–Kier alpha value is -2.91. The third-order valence-electron chi connectivity index (χ3n) is 6.05. The van der Waals surface area contributed by atoms with Crippen LogP contribution in [0.4, 0.5) is 5.69 Å². The van der Waals surface area contributed by atoms with Gasteiger partial charge in [-0.1, -0.05) is 38.1 Å². The Kier molecular flexibility index (Phi) is 8.68. The molecule has 0 spiro atoms. The maximum Gasteiger partial charge on any atom is 0.340 e. The van der Waals surface area contributed by atoms with Crippen molar-refractivity contribution in [1.29, 1.82) is 0 Å². The van der Waals surface area contributed by atoms with Crippen molar-refractivity contribution < 1.29 is 22.7 Å². The molecule has 1 saturated heterocycles. The molecule has 3 rings (SSSR count). The molecule has 9 heteroatoms. The molecular formula is C25H33N3O5S. The molecule has 1 fully saturated rings. The van der Waals surface area contributed by atoms with Crippen LogP contribution >= 0.6 is 0 Å². The Labute approximate surface area is 201 Å². The molecule has 0 bridgehead atoms. The lowest BCUT2D eigenvalue weighted by Gasteiger charge is -2.23. The maximum atomic E-state index is 13.0. The van der Waals surface area contributed by atoms with Crippen molar-refractivity contribution in [3.05, 3.63) is 59.2 Å². The largest absolute Gasteiger partial charge is 0.452 e. The number of ether oxygens (including phenoxy) is 1. The second-order valence-corrected chi connectivity index (χ2v) is 10.2. The SMILES string of the molecule is CCN(CC)S(=O)(=O)c1ccc(N2CCCC2)c(C(=O)OCC(=O)NCc2ccccc2C)c1. The molecule has 34 heavy (non-hydrogen) atoms. The maximum absolute atomic E-state index is 13.0. The summed E-state index contributed by atoms with van der Waals surface area (Å²) in [6.07, 6.45) is 1.99. The van der Waals surface area contributed by atoms with Gasteiger partial charge in [-0.05, 0) is 49.1 Å². The summed E-state index contributed by atoms with van der Waals surface area (Å²) in [5.41, 5.74) is 2.82. The minimum Gasteiger partial charge on any atom is -0.452 e. The van der Waals surface area contributed by atoms with Crippen LogP contribution in [0.5, 0.6) is 0 Å². The quantitative estimate of drug-likeness (QED) is 0.518. The van der Waals surface area contributed by atoms with Gasteiger partial charge >= 0.3 is 5.97 Å². The van der Waals surface area contributed by atoms with E-state index in [-0.39, 0.29) is 10.5 Å². The van der Waals surface area contributed by atoms with Crippen LogP contribution in [-0.2, 0) is 26.1 Å². The zero-order chi connectivity index (χ0) is 24.7. The van der Waals surface area contributed by atoms with Crippen LogP contribution in [0.15, 0.2) is 47.4 Å². The standard InChI is InChI=1S/C25H33N3O5S/c1-4-28(5-2)34(31,32)21-12-13-23(27-14-8-9-15-27)22(16-21)25(30)33-18-24(29)26-17-20-11-7-6-10-19(20)3/h6-7,10-13,16H,4-5,8-9,14-15,17-18H2,1-3H3,(H,26,29). The molecule has 8 nitrogen and oxygen atoms in total. The third kappa shape index (κ3) is 5.95. The molecule has 0 aliphatic carbocycles. The van der Waals surface area contributed by atoms with Crippen molar-refractivity contribution in [3.63, 3.8) is 0 Å². The number of aryl methyl sites for hydroxylation is 1. The van der Waals surface area contributed by atoms with Gasteiger partial charge in [0.05, 0.1) is 16.1 Å². The van der Waals surface area contributed by atoms with Gasteiger partial charge < -0.3 is 15.0 Å². The van der Waals surface area contributed by atoms with E-state index in [9.17, 15) is 18.0 Å². The van der Waals surface area contributed by atoms with Gasteiger partial charge in [0.2, 0.25) is 10.0 Å². The number of rotatable bonds is 10. The summed E-state index contributed by atoms with van der Waals surface area (Å²) >= 11 is 0. The van der Waals surface area contributed by atoms with E-state index in [1.165, 1.54) is 16.4 Å². The summed E-state index contributed by atoms with van der Waals surface area (Å²) in [6, 6.07) is 12.3. The summed E-state index contributed by atoms with van der Waals surface area (Å²) in [7, 11) is -3.74. The van der Waals surface area contributed by atoms with E-state index in [0.29, 0.717) is 25.3 Å². The van der Waals surface area contributed by atoms with Crippen LogP contribution in [0, 0.1) is 6.92 Å². The number of nitrogens with zero attached hydrogens (tertiary/aromatic N) is 2. The van der Waals surface area contributed by atoms with Crippen molar-refractivity contribution in [2.24, 2.45) is 0 Å². The average molecular weight is 488 g/mol. The molecule has 1 aliphatic heterocycles. The van der Waals surface area contributed by atoms with Gasteiger partial charge in [-0.3, -0.25) is 4.79 Å². The number of anilines is 1. The molecule has 0 saturated carbocycles. The lowest BCUT2D eigenvalue weighted by molar-refractivity contribution is -0.124. The Balaban J connectivity index is 1.76. The third-order valence-corrected chi connectivity index (χ3v) is 8.10. The summed E-state index contributed by atoms with van der Waals surface area (Å²) in [6.45, 7) is 7.59. The van der Waals surface area contributed by atoms with E-state index in [0.717, 1.165) is 37.1 Å². The van der Waals surface area contributed by atoms with E-state index in [4.69, 9.17) is 4.74 Å². The highest BCUT2D eigenvalue weighted by Crippen LogP contribution is 2.29. The number of hydrogen-bond acceptors (Lipinski definition) is 6. The zero-order valence-corrected chi connectivity index (χ0v) is 20.9. The monoisotopic (exact) mass is 487 g/mol. The second-order valence-electron chi connectivity index (χ2n) is 8.24. The lowest BCUT2D eigenvalue weighted by Crippen LogP contribution is -2.31. The van der Waals surface area contributed by atoms with Gasteiger partial charge in [0, 0.05) is 32.7 Å². The smallest absolute Gasteiger partial charge is 0.340 e. The van der Waals surface area contributed by atoms with Gasteiger partial charge in [-0.2, -0.15) is 4.31 Å². The van der Waals surface area contributed by atoms with Crippen LogP contribution in [0.2, 0.25) is 0 Å². The number of amides is 1. The highest BCUT2D eigenvalue weighted by atomic mass is 32.2. The van der Waals surface area contributed by atoms with E-state index in [1.54, 1.807) is 19.9 Å². The van der Waals surface area contributed by atoms with E-state index < -0.39 is 28.5 Å². The number of hydrogen-bond donors (Lipinski definition) is 1. The van der Waals surface area contributed by atoms with Crippen molar-refractivity contribution in [2.45, 2.75) is 45.1 Å². The van der Waals surface area contributed by atoms with Gasteiger partial charge in [0.25, 0.3) is 5.91 Å². The number of nitrogens with one attached hydrogen (secondary N) is 1. The van der Waals surface area contributed by atoms with E-state index in [1.807, 2.05) is 36.1 Å². The number of esters is 1. The molecule has 0 unspecified atom stereocenters. The highest BCUT2D eigenvalue weighted by molar-refractivity contribution is 7.89. The minimum absolute atomic E-state index is 0.0371. The predicted octanol–water partition coefficient (Wildman–Crippen LogP) is 3.10. The summed E-state index contributed by atoms with van der Waals surface area (Å²) in [5.74, 6) is -1.14. The summed E-state index contributed by atoms with van der Waals surface area (Å²) in [4.78, 5) is 27.4. The average Bonchev–Trinajstić information content (AvgIpc) is 3.37. The molecule has 184 valence electrons. The Bertz CT molecular complexity index is 1120. The second kappa shape index (κ2) is 11.5. The van der Waals surface area contributed by atoms with E-state index in [2.05, 4.69) is 5.32 Å². The Morgan fingerprint density at radius 1 is 1.06 bits per heavy atom. The first kappa shape index (κ1) is 25.7. The van der Waals surface area contributed by atoms with Crippen molar-refractivity contribution in [1.82, 2.24) is 9.62 Å². The minimum atomic E-state index is -3.74. The van der Waals surface area contributed by atoms with Crippen LogP contribution in [0.3, 0.4) is 0 Å². The first-order valence-electron chi connectivity index (χ1n) is 11.6. The highest BCUT2D eigenvalue weighted by Gasteiger charge is 2.27. The number of carbonyl (C=O) groups is 2. The molecule has 2 aromatic carbocycles. The number of benzene rings is 2. The Morgan fingerprint density at radius 3 is 2.38 bits per heavy atom. The predicted molar refractivity (Wildman–Crippen MR) is 131 cm³/mol. The fourth-order valence-electron chi connectivity index (χ4n) is 4.05. The molecule has 1 aliphatic rings. The van der Waals surface area contributed by atoms with Gasteiger partial charge in [0.1, 0.15) is 0 Å². The van der Waals surface area contributed by atoms with Gasteiger partial charge in [0.15, 0.2) is 6.61 Å². The molecule has 1 heterocycles. The van der Waals surface area contributed by atoms with Crippen LogP contribution < -0.4 is 10.2 Å². The molecule has 1 amide bonds. The fraction of sp³-hybridized carbons (Fsp3) is 0.440. The van der Waals surface area contributed by atoms with Crippen LogP contribution in [-0.4, -0.2) is 57.4 Å². The van der Waals surface area contributed by atoms with Crippen molar-refractivity contribution in [3.8, 4) is 0 Å². The fourth-order valence-corrected chi connectivity index (χ4v) is 5.53. The molecule has 0 atom stereocenters. The van der Waals surface area contributed by atoms with Crippen LogP contribution in [0.1, 0.15) is 48.2 Å². The molecule has 1 N–H and O–H groups in total. The van der Waals surface area contributed by atoms with Gasteiger partial charge in [-0.15, -0.1) is 0 Å². The topological polar surface area (TPSA) is 96.0 Å². The molecular weight excluding hydrogens is 454 g/mol. The van der Waals surface area contributed by atoms with E-state index >= 15 is 0 Å². The summed E-state index contributed by atoms with van der Waals surface area (Å²) < 4.78 is 32.7. The first-order valence-corrected chi connectivity index (χ1v) is 13.1. The Morgan fingerprint density at radius 2 is 1.74 bits per heavy atom. The van der Waals surface area contributed by atoms with Crippen molar-refractivity contribution >= 4 is 27.6 Å². The normalized spacial score (nSPS) is 13.8. The molecule has 2 aromatic rings. The lowest BCUT2D eigenvalue weighted by atomic mass is 10.1. The number of sulfonamides is 1. The van der Waals surface area contributed by atoms with Crippen LogP contribution in [0.25, 0.3) is 0 Å². The number of carbonyl (C=O) groups excluding carboxylic acids is 2. The zero-order valence-electron chi connectivity index (χ0n) is 20.0. The van der Waals surface area contributed by atoms with Crippen molar-refractivity contribution in [2.75, 3.05) is 37.7 Å². The molecule has 0 aromatic heterocycles. The van der Waals surface area contributed by atoms with Gasteiger partial charge in [-0.25, -0.2) is 13.2 Å².